The van der Waals surface area contributed by atoms with E-state index in [0.29, 0.717) is 48.1 Å². The number of rotatable bonds is 4. The molecule has 8 nitrogen and oxygen atoms in total. The number of hydrogen-bond acceptors (Lipinski definition) is 7. The molecule has 1 fully saturated rings. The lowest BCUT2D eigenvalue weighted by molar-refractivity contribution is -0.121. The summed E-state index contributed by atoms with van der Waals surface area (Å²) in [5, 5.41) is 7.30. The molecule has 0 bridgehead atoms. The van der Waals surface area contributed by atoms with Crippen molar-refractivity contribution in [2.45, 2.75) is 26.7 Å². The number of piperidine rings is 1. The van der Waals surface area contributed by atoms with Crippen LogP contribution in [0.4, 0.5) is 5.82 Å². The van der Waals surface area contributed by atoms with Crippen LogP contribution in [-0.2, 0) is 4.79 Å². The van der Waals surface area contributed by atoms with Crippen LogP contribution in [-0.4, -0.2) is 44.9 Å². The fourth-order valence-corrected chi connectivity index (χ4v) is 4.35. The molecule has 0 aliphatic carbocycles. The normalized spacial score (nSPS) is 14.8. The van der Waals surface area contributed by atoms with E-state index in [1.165, 1.54) is 11.3 Å². The third-order valence-electron chi connectivity index (χ3n) is 4.91. The summed E-state index contributed by atoms with van der Waals surface area (Å²) < 4.78 is 4.97. The Morgan fingerprint density at radius 3 is 2.69 bits per heavy atom. The summed E-state index contributed by atoms with van der Waals surface area (Å²) in [5.41, 5.74) is 1.47. The van der Waals surface area contributed by atoms with Gasteiger partial charge in [-0.1, -0.05) is 11.2 Å². The number of anilines is 1. The third-order valence-corrected chi connectivity index (χ3v) is 6.07. The van der Waals surface area contributed by atoms with Crippen molar-refractivity contribution in [1.82, 2.24) is 20.0 Å². The Labute approximate surface area is 172 Å². The van der Waals surface area contributed by atoms with Crippen molar-refractivity contribution in [3.05, 3.63) is 46.8 Å². The maximum atomic E-state index is 13.0. The Kier molecular flexibility index (Phi) is 5.39. The van der Waals surface area contributed by atoms with Crippen LogP contribution in [0.5, 0.6) is 0 Å². The number of nitrogens with zero attached hydrogens (tertiary/aromatic N) is 4. The van der Waals surface area contributed by atoms with Gasteiger partial charge in [0.05, 0.1) is 11.4 Å². The highest BCUT2D eigenvalue weighted by Crippen LogP contribution is 2.29. The van der Waals surface area contributed by atoms with Crippen LogP contribution >= 0.6 is 11.3 Å². The van der Waals surface area contributed by atoms with Gasteiger partial charge in [0.15, 0.2) is 5.82 Å². The summed E-state index contributed by atoms with van der Waals surface area (Å²) in [6, 6.07) is 7.31. The van der Waals surface area contributed by atoms with E-state index in [4.69, 9.17) is 4.52 Å². The molecule has 0 saturated carbocycles. The molecule has 2 amide bonds. The first kappa shape index (κ1) is 19.3. The second kappa shape index (κ2) is 8.12. The molecule has 0 unspecified atom stereocenters. The molecule has 1 aliphatic rings. The number of amides is 2. The average molecular weight is 411 g/mol. The van der Waals surface area contributed by atoms with Crippen molar-refractivity contribution in [2.75, 3.05) is 18.4 Å². The van der Waals surface area contributed by atoms with Gasteiger partial charge < -0.3 is 14.7 Å². The van der Waals surface area contributed by atoms with Gasteiger partial charge in [0.2, 0.25) is 5.91 Å². The number of likely N-dealkylation sites (tertiary alicyclic amines) is 1. The highest BCUT2D eigenvalue weighted by atomic mass is 32.1. The molecule has 9 heteroatoms. The number of thiazole rings is 1. The Morgan fingerprint density at radius 2 is 2.03 bits per heavy atom. The molecule has 0 spiro atoms. The van der Waals surface area contributed by atoms with Crippen LogP contribution in [0.25, 0.3) is 10.7 Å². The minimum Gasteiger partial charge on any atom is -0.360 e. The first-order valence-electron chi connectivity index (χ1n) is 9.43. The van der Waals surface area contributed by atoms with Crippen molar-refractivity contribution in [1.29, 1.82) is 0 Å². The largest absolute Gasteiger partial charge is 0.360 e. The standard InChI is InChI=1S/C20H21N5O3S/c1-12-11-16(24-28-12)23-18(26)14-6-9-25(10-7-14)20(27)17-13(2)22-19(29-17)15-5-3-4-8-21-15/h3-5,8,11,14H,6-7,9-10H2,1-2H3,(H,23,24,26). The smallest absolute Gasteiger partial charge is 0.265 e. The molecule has 3 aromatic rings. The van der Waals surface area contributed by atoms with E-state index in [-0.39, 0.29) is 17.7 Å². The minimum absolute atomic E-state index is 0.0341. The maximum Gasteiger partial charge on any atom is 0.265 e. The van der Waals surface area contributed by atoms with Crippen LogP contribution < -0.4 is 5.32 Å². The van der Waals surface area contributed by atoms with Gasteiger partial charge in [-0.3, -0.25) is 14.6 Å². The van der Waals surface area contributed by atoms with Crippen LogP contribution in [0.15, 0.2) is 35.0 Å². The molecule has 3 aromatic heterocycles. The summed E-state index contributed by atoms with van der Waals surface area (Å²) in [6.07, 6.45) is 2.93. The molecule has 0 radical (unpaired) electrons. The number of pyridine rings is 1. The quantitative estimate of drug-likeness (QED) is 0.707. The number of aromatic nitrogens is 3. The topological polar surface area (TPSA) is 101 Å². The summed E-state index contributed by atoms with van der Waals surface area (Å²) in [5.74, 6) is 0.798. The SMILES string of the molecule is Cc1cc(NC(=O)C2CCN(C(=O)c3sc(-c4ccccn4)nc3C)CC2)no1. The molecule has 150 valence electrons. The highest BCUT2D eigenvalue weighted by Gasteiger charge is 2.30. The maximum absolute atomic E-state index is 13.0. The van der Waals surface area contributed by atoms with E-state index in [0.717, 1.165) is 10.7 Å². The molecule has 1 aliphatic heterocycles. The zero-order chi connectivity index (χ0) is 20.4. The minimum atomic E-state index is -0.150. The monoisotopic (exact) mass is 411 g/mol. The van der Waals surface area contributed by atoms with E-state index in [9.17, 15) is 9.59 Å². The number of carbonyl (C=O) groups is 2. The molecular weight excluding hydrogens is 390 g/mol. The van der Waals surface area contributed by atoms with Gasteiger partial charge in [-0.15, -0.1) is 11.3 Å². The second-order valence-corrected chi connectivity index (χ2v) is 8.03. The Balaban J connectivity index is 1.38. The number of hydrogen-bond donors (Lipinski definition) is 1. The van der Waals surface area contributed by atoms with Crippen molar-refractivity contribution in [2.24, 2.45) is 5.92 Å². The predicted octanol–water partition coefficient (Wildman–Crippen LogP) is 3.30. The Bertz CT molecular complexity index is 1020. The first-order valence-corrected chi connectivity index (χ1v) is 10.2. The summed E-state index contributed by atoms with van der Waals surface area (Å²) >= 11 is 1.36. The van der Waals surface area contributed by atoms with Gasteiger partial charge in [0.1, 0.15) is 15.6 Å². The Morgan fingerprint density at radius 1 is 1.24 bits per heavy atom. The van der Waals surface area contributed by atoms with Crippen LogP contribution in [0.2, 0.25) is 0 Å². The molecule has 1 N–H and O–H groups in total. The summed E-state index contributed by atoms with van der Waals surface area (Å²) in [4.78, 5) is 36.7. The lowest BCUT2D eigenvalue weighted by Crippen LogP contribution is -2.41. The fourth-order valence-electron chi connectivity index (χ4n) is 3.34. The van der Waals surface area contributed by atoms with Crippen molar-refractivity contribution >= 4 is 29.0 Å². The third kappa shape index (κ3) is 4.19. The average Bonchev–Trinajstić information content (AvgIpc) is 3.33. The van der Waals surface area contributed by atoms with Gasteiger partial charge in [0, 0.05) is 31.3 Å². The van der Waals surface area contributed by atoms with E-state index >= 15 is 0 Å². The zero-order valence-corrected chi connectivity index (χ0v) is 17.0. The van der Waals surface area contributed by atoms with E-state index < -0.39 is 0 Å². The fraction of sp³-hybridized carbons (Fsp3) is 0.350. The molecule has 0 aromatic carbocycles. The van der Waals surface area contributed by atoms with Gasteiger partial charge in [-0.05, 0) is 38.8 Å². The van der Waals surface area contributed by atoms with Crippen molar-refractivity contribution in [3.63, 3.8) is 0 Å². The molecule has 4 rings (SSSR count). The van der Waals surface area contributed by atoms with E-state index in [1.54, 1.807) is 24.1 Å². The highest BCUT2D eigenvalue weighted by molar-refractivity contribution is 7.17. The van der Waals surface area contributed by atoms with Crippen molar-refractivity contribution < 1.29 is 14.1 Å². The first-order chi connectivity index (χ1) is 14.0. The summed E-state index contributed by atoms with van der Waals surface area (Å²) in [7, 11) is 0. The lowest BCUT2D eigenvalue weighted by Gasteiger charge is -2.31. The van der Waals surface area contributed by atoms with Crippen LogP contribution in [0.1, 0.15) is 34.0 Å². The van der Waals surface area contributed by atoms with Gasteiger partial charge in [-0.25, -0.2) is 4.98 Å². The van der Waals surface area contributed by atoms with Crippen LogP contribution in [0, 0.1) is 19.8 Å². The molecule has 1 saturated heterocycles. The van der Waals surface area contributed by atoms with Crippen LogP contribution in [0.3, 0.4) is 0 Å². The second-order valence-electron chi connectivity index (χ2n) is 7.03. The number of carbonyl (C=O) groups excluding carboxylic acids is 2. The number of aryl methyl sites for hydroxylation is 2. The molecular formula is C20H21N5O3S. The van der Waals surface area contributed by atoms with Gasteiger partial charge >= 0.3 is 0 Å². The lowest BCUT2D eigenvalue weighted by atomic mass is 9.95. The number of nitrogens with one attached hydrogen (secondary N) is 1. The van der Waals surface area contributed by atoms with Gasteiger partial charge in [0.25, 0.3) is 5.91 Å². The zero-order valence-electron chi connectivity index (χ0n) is 16.2. The predicted molar refractivity (Wildman–Crippen MR) is 109 cm³/mol. The van der Waals surface area contributed by atoms with Gasteiger partial charge in [-0.2, -0.15) is 0 Å². The molecule has 0 atom stereocenters. The van der Waals surface area contributed by atoms with E-state index in [2.05, 4.69) is 20.4 Å². The Hall–Kier alpha value is -3.07. The molecule has 29 heavy (non-hydrogen) atoms. The van der Waals surface area contributed by atoms with E-state index in [1.807, 2.05) is 25.1 Å². The summed E-state index contributed by atoms with van der Waals surface area (Å²) in [6.45, 7) is 4.68. The molecule has 4 heterocycles. The van der Waals surface area contributed by atoms with Crippen molar-refractivity contribution in [3.8, 4) is 10.7 Å².